The summed E-state index contributed by atoms with van der Waals surface area (Å²) in [7, 11) is 0. The molecular weight excluding hydrogens is 800 g/mol. The Morgan fingerprint density at radius 1 is 0.607 bits per heavy atom. The first-order valence-electron chi connectivity index (χ1n) is 23.2. The summed E-state index contributed by atoms with van der Waals surface area (Å²) in [6, 6.07) is 0. The van der Waals surface area contributed by atoms with Crippen LogP contribution in [0.2, 0.25) is 0 Å². The fourth-order valence-electron chi connectivity index (χ4n) is 14.4. The second-order valence-corrected chi connectivity index (χ2v) is 21.1. The van der Waals surface area contributed by atoms with Crippen LogP contribution in [0, 0.1) is 52.3 Å². The van der Waals surface area contributed by atoms with E-state index in [1.54, 1.807) is 0 Å². The Balaban J connectivity index is 0.898. The van der Waals surface area contributed by atoms with Gasteiger partial charge < -0.3 is 83.9 Å². The van der Waals surface area contributed by atoms with Gasteiger partial charge in [-0.3, -0.25) is 0 Å². The molecule has 9 rings (SSSR count). The Morgan fingerprint density at radius 3 is 2.03 bits per heavy atom. The summed E-state index contributed by atoms with van der Waals surface area (Å²) in [5, 5.41) is 95.1. The van der Waals surface area contributed by atoms with Gasteiger partial charge in [-0.1, -0.05) is 27.7 Å². The average molecular weight is 873 g/mol. The van der Waals surface area contributed by atoms with Crippen molar-refractivity contribution in [3.05, 3.63) is 0 Å². The maximum absolute atomic E-state index is 12.0. The van der Waals surface area contributed by atoms with Gasteiger partial charge in [0.1, 0.15) is 67.1 Å². The van der Waals surface area contributed by atoms with Crippen molar-refractivity contribution in [3.63, 3.8) is 0 Å². The second-order valence-electron chi connectivity index (χ2n) is 21.1. The average Bonchev–Trinajstić information content (AvgIpc) is 3.69. The largest absolute Gasteiger partial charge is 0.394 e. The molecule has 0 aromatic heterocycles. The molecule has 350 valence electrons. The van der Waals surface area contributed by atoms with E-state index in [2.05, 4.69) is 27.7 Å². The molecule has 26 atom stereocenters. The molecule has 61 heavy (non-hydrogen) atoms. The standard InChI is InChI=1S/C44H72O17/c1-19-7-12-44(55-17-19)20(2)30-27(61-44)14-25-23-6-5-21-13-22(8-10-42(21,3)24(23)9-11-43(25,30)4)56-41-38(60-40-35(52)33(50)32(49)28(15-45)57-40)36(53)37(29(16-46)58-41)59-39-34(51)31(48)26(47)18-54-39/h19-41,45-53H,5-18H2,1-4H3/t19?,20-,21+,22-,23+,24-,25-,26+,27-,28+,29+,30-,31-,32+,33-,34+,35+,36-,37+,38+,39-,40-,41+,42-,43-,44+/m0/s1. The molecule has 5 heterocycles. The van der Waals surface area contributed by atoms with Crippen molar-refractivity contribution in [3.8, 4) is 0 Å². The Kier molecular flexibility index (Phi) is 12.8. The summed E-state index contributed by atoms with van der Waals surface area (Å²) in [5.74, 6) is 3.16. The van der Waals surface area contributed by atoms with Gasteiger partial charge in [-0.25, -0.2) is 0 Å². The SMILES string of the molecule is CC1CC[C@@]2(OC1)O[C@H]1C[C@H]3[C@@H]4CC[C@@H]5C[C@@H](O[C@@H]6O[C@H](CO)[C@@H](O[C@@H]7OC[C@@H](O)[C@H](O)[C@H]7O)[C@H](O)[C@H]6O[C@@H]6O[C@H](CO)[C@@H](O)[C@H](O)[C@H]6O)CC[C@]5(C)[C@H]4CC[C@]3(C)[C@H]1[C@@H]2C. The molecule has 9 aliphatic rings. The number of ether oxygens (including phenoxy) is 8. The third-order valence-electron chi connectivity index (χ3n) is 17.9. The van der Waals surface area contributed by atoms with Gasteiger partial charge in [0, 0.05) is 12.3 Å². The van der Waals surface area contributed by atoms with E-state index in [0.29, 0.717) is 47.8 Å². The Morgan fingerprint density at radius 2 is 1.31 bits per heavy atom. The quantitative estimate of drug-likeness (QED) is 0.145. The maximum atomic E-state index is 12.0. The minimum absolute atomic E-state index is 0.100. The Bertz CT molecular complexity index is 1520. The summed E-state index contributed by atoms with van der Waals surface area (Å²) in [5.41, 5.74) is 0.315. The van der Waals surface area contributed by atoms with E-state index in [4.69, 9.17) is 37.9 Å². The van der Waals surface area contributed by atoms with Crippen molar-refractivity contribution in [2.24, 2.45) is 52.3 Å². The number of aliphatic hydroxyl groups is 9. The van der Waals surface area contributed by atoms with Gasteiger partial charge in [0.25, 0.3) is 0 Å². The van der Waals surface area contributed by atoms with Crippen LogP contribution < -0.4 is 0 Å². The topological polar surface area (TPSA) is 256 Å². The fourth-order valence-corrected chi connectivity index (χ4v) is 14.4. The normalized spacial score (nSPS) is 58.5. The zero-order valence-corrected chi connectivity index (χ0v) is 36.0. The first kappa shape index (κ1) is 45.5. The van der Waals surface area contributed by atoms with E-state index < -0.39 is 105 Å². The Labute approximate surface area is 357 Å². The van der Waals surface area contributed by atoms with Gasteiger partial charge in [-0.05, 0) is 104 Å². The summed E-state index contributed by atoms with van der Waals surface area (Å²) in [4.78, 5) is 0. The van der Waals surface area contributed by atoms with E-state index in [1.807, 2.05) is 0 Å². The molecule has 17 nitrogen and oxygen atoms in total. The molecule has 1 unspecified atom stereocenters. The monoisotopic (exact) mass is 872 g/mol. The highest BCUT2D eigenvalue weighted by Gasteiger charge is 2.69. The van der Waals surface area contributed by atoms with E-state index in [0.717, 1.165) is 51.6 Å². The van der Waals surface area contributed by atoms with Crippen LogP contribution in [0.1, 0.15) is 91.9 Å². The molecule has 0 radical (unpaired) electrons. The van der Waals surface area contributed by atoms with Gasteiger partial charge in [0.2, 0.25) is 0 Å². The molecule has 5 aliphatic heterocycles. The van der Waals surface area contributed by atoms with Crippen molar-refractivity contribution >= 4 is 0 Å². The van der Waals surface area contributed by atoms with Gasteiger partial charge in [0.05, 0.1) is 38.6 Å². The van der Waals surface area contributed by atoms with Gasteiger partial charge in [-0.15, -0.1) is 0 Å². The summed E-state index contributed by atoms with van der Waals surface area (Å²) in [6.45, 7) is 8.71. The fraction of sp³-hybridized carbons (Fsp3) is 1.00. The lowest BCUT2D eigenvalue weighted by Gasteiger charge is -2.61. The molecule has 0 amide bonds. The van der Waals surface area contributed by atoms with Crippen LogP contribution in [0.4, 0.5) is 0 Å². The molecule has 9 fully saturated rings. The first-order valence-corrected chi connectivity index (χ1v) is 23.2. The van der Waals surface area contributed by atoms with Crippen molar-refractivity contribution in [2.75, 3.05) is 26.4 Å². The Hall–Kier alpha value is -0.680. The smallest absolute Gasteiger partial charge is 0.187 e. The number of hydrogen-bond acceptors (Lipinski definition) is 17. The van der Waals surface area contributed by atoms with Crippen LogP contribution in [0.5, 0.6) is 0 Å². The predicted octanol–water partition coefficient (Wildman–Crippen LogP) is -0.0945. The molecule has 4 aliphatic carbocycles. The van der Waals surface area contributed by atoms with Crippen molar-refractivity contribution in [2.45, 2.75) is 196 Å². The zero-order chi connectivity index (χ0) is 43.3. The van der Waals surface area contributed by atoms with Gasteiger partial charge in [0.15, 0.2) is 24.7 Å². The van der Waals surface area contributed by atoms with Crippen LogP contribution in [0.3, 0.4) is 0 Å². The lowest BCUT2D eigenvalue weighted by Crippen LogP contribution is -2.66. The van der Waals surface area contributed by atoms with Crippen LogP contribution in [-0.4, -0.2) is 176 Å². The molecule has 0 aromatic rings. The van der Waals surface area contributed by atoms with Gasteiger partial charge in [-0.2, -0.15) is 0 Å². The number of rotatable bonds is 8. The third-order valence-corrected chi connectivity index (χ3v) is 17.9. The first-order chi connectivity index (χ1) is 29.0. The highest BCUT2D eigenvalue weighted by atomic mass is 16.8. The minimum Gasteiger partial charge on any atom is -0.394 e. The molecule has 17 heteroatoms. The summed E-state index contributed by atoms with van der Waals surface area (Å²) in [6.07, 6.45) is -11.6. The second kappa shape index (κ2) is 17.2. The van der Waals surface area contributed by atoms with Crippen molar-refractivity contribution < 1.29 is 83.9 Å². The predicted molar refractivity (Wildman–Crippen MR) is 210 cm³/mol. The number of aliphatic hydroxyl groups excluding tert-OH is 9. The molecule has 4 saturated carbocycles. The van der Waals surface area contributed by atoms with Crippen molar-refractivity contribution in [1.82, 2.24) is 0 Å². The highest BCUT2D eigenvalue weighted by molar-refractivity contribution is 5.15. The van der Waals surface area contributed by atoms with Crippen LogP contribution in [0.25, 0.3) is 0 Å². The van der Waals surface area contributed by atoms with Crippen LogP contribution in [0.15, 0.2) is 0 Å². The highest BCUT2D eigenvalue weighted by Crippen LogP contribution is 2.71. The molecule has 9 N–H and O–H groups in total. The molecule has 0 aromatic carbocycles. The van der Waals surface area contributed by atoms with Crippen LogP contribution >= 0.6 is 0 Å². The lowest BCUT2D eigenvalue weighted by molar-refractivity contribution is -0.388. The summed E-state index contributed by atoms with van der Waals surface area (Å²) < 4.78 is 49.7. The van der Waals surface area contributed by atoms with Gasteiger partial charge >= 0.3 is 0 Å². The molecule has 0 bridgehead atoms. The van der Waals surface area contributed by atoms with E-state index in [-0.39, 0.29) is 29.6 Å². The molecular formula is C44H72O17. The molecule has 1 spiro atoms. The van der Waals surface area contributed by atoms with E-state index in [1.165, 1.54) is 12.8 Å². The lowest BCUT2D eigenvalue weighted by atomic mass is 9.44. The third kappa shape index (κ3) is 7.58. The maximum Gasteiger partial charge on any atom is 0.187 e. The van der Waals surface area contributed by atoms with Crippen LogP contribution in [-0.2, 0) is 37.9 Å². The summed E-state index contributed by atoms with van der Waals surface area (Å²) >= 11 is 0. The zero-order valence-electron chi connectivity index (χ0n) is 36.0. The van der Waals surface area contributed by atoms with E-state index >= 15 is 0 Å². The number of hydrogen-bond donors (Lipinski definition) is 9. The van der Waals surface area contributed by atoms with E-state index in [9.17, 15) is 46.0 Å². The number of fused-ring (bicyclic) bond motifs is 7. The minimum atomic E-state index is -1.80. The molecule has 5 saturated heterocycles. The van der Waals surface area contributed by atoms with Crippen molar-refractivity contribution in [1.29, 1.82) is 0 Å².